The van der Waals surface area contributed by atoms with Crippen molar-refractivity contribution >= 4 is 50.9 Å². The largest absolute Gasteiger partial charge is 0.321 e. The van der Waals surface area contributed by atoms with Crippen LogP contribution in [0.3, 0.4) is 0 Å². The molecule has 1 aliphatic heterocycles. The molecule has 1 N–H and O–H groups in total. The van der Waals surface area contributed by atoms with Gasteiger partial charge in [-0.05, 0) is 54.8 Å². The van der Waals surface area contributed by atoms with Gasteiger partial charge in [-0.1, -0.05) is 76.2 Å². The van der Waals surface area contributed by atoms with E-state index in [1.807, 2.05) is 73.7 Å². The first-order chi connectivity index (χ1) is 16.0. The molecule has 1 heterocycles. The Labute approximate surface area is 205 Å². The van der Waals surface area contributed by atoms with Crippen LogP contribution in [0.1, 0.15) is 11.1 Å². The molecule has 0 aliphatic carbocycles. The lowest BCUT2D eigenvalue weighted by Crippen LogP contribution is -2.30. The Morgan fingerprint density at radius 3 is 2.39 bits per heavy atom. The molecule has 1 atom stereocenters. The molecule has 164 valence electrons. The first-order valence-corrected chi connectivity index (χ1v) is 12.0. The molecule has 5 nitrogen and oxygen atoms in total. The molecule has 1 aliphatic rings. The minimum atomic E-state index is -0.535. The normalized spacial score (nSPS) is 16.9. The number of carbonyl (C=O) groups is 2. The van der Waals surface area contributed by atoms with Crippen LogP contribution in [0.15, 0.2) is 93.9 Å². The van der Waals surface area contributed by atoms with Crippen molar-refractivity contribution < 1.29 is 9.59 Å². The molecule has 0 bridgehead atoms. The van der Waals surface area contributed by atoms with E-state index in [4.69, 9.17) is 0 Å². The zero-order valence-electron chi connectivity index (χ0n) is 17.8. The van der Waals surface area contributed by atoms with E-state index in [9.17, 15) is 14.9 Å². The number of anilines is 2. The molecule has 0 spiro atoms. The van der Waals surface area contributed by atoms with Crippen molar-refractivity contribution in [3.05, 3.63) is 105 Å². The number of nitriles is 1. The number of aryl methyl sites for hydroxylation is 1. The minimum Gasteiger partial charge on any atom is -0.321 e. The van der Waals surface area contributed by atoms with Crippen molar-refractivity contribution in [3.63, 3.8) is 0 Å². The van der Waals surface area contributed by atoms with E-state index in [1.54, 1.807) is 18.2 Å². The summed E-state index contributed by atoms with van der Waals surface area (Å²) in [7, 11) is 0. The summed E-state index contributed by atoms with van der Waals surface area (Å²) in [4.78, 5) is 28.1. The number of benzene rings is 3. The molecule has 0 aromatic heterocycles. The fraction of sp³-hybridized carbons (Fsp3) is 0.115. The van der Waals surface area contributed by atoms with Crippen LogP contribution in [0.5, 0.6) is 0 Å². The summed E-state index contributed by atoms with van der Waals surface area (Å²) < 4.78 is 0.961. The first-order valence-electron chi connectivity index (χ1n) is 10.3. The van der Waals surface area contributed by atoms with Gasteiger partial charge in [-0.25, -0.2) is 0 Å². The van der Waals surface area contributed by atoms with E-state index < -0.39 is 11.2 Å². The monoisotopic (exact) mass is 517 g/mol. The standard InChI is InChI=1S/C26H20BrN3O2S/c1-17-7-5-6-10-22(17)29-24(31)21(16-28)26-30(20-8-3-2-4-9-20)25(32)23(33-26)15-18-11-13-19(27)14-12-18/h2-14,23H,15H2,1H3,(H,29,31)/b26-21-/t23-/m1/s1. The molecule has 7 heteroatoms. The van der Waals surface area contributed by atoms with Gasteiger partial charge in [0.1, 0.15) is 16.7 Å². The summed E-state index contributed by atoms with van der Waals surface area (Å²) in [6.07, 6.45) is 0.488. The topological polar surface area (TPSA) is 73.2 Å². The SMILES string of the molecule is Cc1ccccc1NC(=O)/C(C#N)=C1\S[C@H](Cc2ccc(Br)cc2)C(=O)N1c1ccccc1. The first kappa shape index (κ1) is 22.8. The quantitative estimate of drug-likeness (QED) is 0.341. The summed E-state index contributed by atoms with van der Waals surface area (Å²) in [5.74, 6) is -0.687. The number of carbonyl (C=O) groups excluding carboxylic acids is 2. The van der Waals surface area contributed by atoms with Gasteiger partial charge in [0.05, 0.1) is 5.25 Å². The van der Waals surface area contributed by atoms with Crippen molar-refractivity contribution in [1.82, 2.24) is 0 Å². The molecular weight excluding hydrogens is 498 g/mol. The molecule has 33 heavy (non-hydrogen) atoms. The number of amides is 2. The molecule has 0 unspecified atom stereocenters. The molecular formula is C26H20BrN3O2S. The number of para-hydroxylation sites is 2. The molecule has 1 fully saturated rings. The third kappa shape index (κ3) is 5.03. The Morgan fingerprint density at radius 2 is 1.73 bits per heavy atom. The lowest BCUT2D eigenvalue weighted by atomic mass is 10.1. The highest BCUT2D eigenvalue weighted by Gasteiger charge is 2.40. The smallest absolute Gasteiger partial charge is 0.269 e. The summed E-state index contributed by atoms with van der Waals surface area (Å²) in [5.41, 5.74) is 3.05. The van der Waals surface area contributed by atoms with E-state index in [0.29, 0.717) is 22.8 Å². The van der Waals surface area contributed by atoms with Gasteiger partial charge in [0.2, 0.25) is 5.91 Å². The number of hydrogen-bond acceptors (Lipinski definition) is 4. The number of nitrogens with one attached hydrogen (secondary N) is 1. The maximum Gasteiger partial charge on any atom is 0.269 e. The fourth-order valence-corrected chi connectivity index (χ4v) is 5.10. The van der Waals surface area contributed by atoms with Crippen LogP contribution in [-0.4, -0.2) is 17.1 Å². The van der Waals surface area contributed by atoms with E-state index in [2.05, 4.69) is 21.2 Å². The van der Waals surface area contributed by atoms with Crippen LogP contribution in [0, 0.1) is 18.3 Å². The summed E-state index contributed by atoms with van der Waals surface area (Å²) in [6, 6.07) is 26.3. The second kappa shape index (κ2) is 10.1. The Kier molecular flexibility index (Phi) is 6.97. The highest BCUT2D eigenvalue weighted by atomic mass is 79.9. The molecule has 0 saturated carbocycles. The van der Waals surface area contributed by atoms with Crippen molar-refractivity contribution in [1.29, 1.82) is 5.26 Å². The highest BCUT2D eigenvalue weighted by Crippen LogP contribution is 2.42. The summed E-state index contributed by atoms with van der Waals surface area (Å²) in [6.45, 7) is 1.88. The van der Waals surface area contributed by atoms with Crippen LogP contribution in [0.25, 0.3) is 0 Å². The van der Waals surface area contributed by atoms with Crippen molar-refractivity contribution in [3.8, 4) is 6.07 Å². The average Bonchev–Trinajstić information content (AvgIpc) is 3.13. The van der Waals surface area contributed by atoms with Gasteiger partial charge in [-0.2, -0.15) is 5.26 Å². The third-order valence-corrected chi connectivity index (χ3v) is 7.04. The van der Waals surface area contributed by atoms with Gasteiger partial charge in [0, 0.05) is 15.8 Å². The van der Waals surface area contributed by atoms with E-state index in [0.717, 1.165) is 15.6 Å². The molecule has 2 amide bonds. The number of nitrogens with zero attached hydrogens (tertiary/aromatic N) is 2. The lowest BCUT2D eigenvalue weighted by molar-refractivity contribution is -0.117. The number of hydrogen-bond donors (Lipinski definition) is 1. The van der Waals surface area contributed by atoms with Gasteiger partial charge >= 0.3 is 0 Å². The Morgan fingerprint density at radius 1 is 1.06 bits per heavy atom. The number of rotatable bonds is 5. The third-order valence-electron chi connectivity index (χ3n) is 5.25. The van der Waals surface area contributed by atoms with Gasteiger partial charge in [0.15, 0.2) is 0 Å². The Balaban J connectivity index is 1.72. The zero-order valence-corrected chi connectivity index (χ0v) is 20.2. The summed E-state index contributed by atoms with van der Waals surface area (Å²) >= 11 is 4.69. The van der Waals surface area contributed by atoms with Gasteiger partial charge in [-0.15, -0.1) is 0 Å². The fourth-order valence-electron chi connectivity index (χ4n) is 3.53. The van der Waals surface area contributed by atoms with Crippen LogP contribution in [0.2, 0.25) is 0 Å². The van der Waals surface area contributed by atoms with Gasteiger partial charge in [-0.3, -0.25) is 14.5 Å². The Hall–Kier alpha value is -3.34. The predicted octanol–water partition coefficient (Wildman–Crippen LogP) is 5.82. The van der Waals surface area contributed by atoms with Crippen LogP contribution < -0.4 is 10.2 Å². The molecule has 1 saturated heterocycles. The second-order valence-corrected chi connectivity index (χ2v) is 9.61. The average molecular weight is 518 g/mol. The van der Waals surface area contributed by atoms with E-state index in [1.165, 1.54) is 16.7 Å². The van der Waals surface area contributed by atoms with E-state index in [-0.39, 0.29) is 11.5 Å². The van der Waals surface area contributed by atoms with Crippen LogP contribution in [-0.2, 0) is 16.0 Å². The van der Waals surface area contributed by atoms with Gasteiger partial charge in [0.25, 0.3) is 5.91 Å². The number of thioether (sulfide) groups is 1. The Bertz CT molecular complexity index is 1270. The highest BCUT2D eigenvalue weighted by molar-refractivity contribution is 9.10. The maximum atomic E-state index is 13.5. The van der Waals surface area contributed by atoms with Crippen LogP contribution >= 0.6 is 27.7 Å². The van der Waals surface area contributed by atoms with Crippen molar-refractivity contribution in [2.75, 3.05) is 10.2 Å². The molecule has 3 aromatic rings. The van der Waals surface area contributed by atoms with Crippen LogP contribution in [0.4, 0.5) is 11.4 Å². The second-order valence-electron chi connectivity index (χ2n) is 7.51. The zero-order chi connectivity index (χ0) is 23.4. The molecule has 0 radical (unpaired) electrons. The molecule has 4 rings (SSSR count). The van der Waals surface area contributed by atoms with E-state index >= 15 is 0 Å². The van der Waals surface area contributed by atoms with Gasteiger partial charge < -0.3 is 5.32 Å². The van der Waals surface area contributed by atoms with Crippen molar-refractivity contribution in [2.24, 2.45) is 0 Å². The summed E-state index contributed by atoms with van der Waals surface area (Å²) in [5, 5.41) is 12.7. The maximum absolute atomic E-state index is 13.5. The number of halogens is 1. The minimum absolute atomic E-state index is 0.0845. The molecule has 3 aromatic carbocycles. The lowest BCUT2D eigenvalue weighted by Gasteiger charge is -2.18. The predicted molar refractivity (Wildman–Crippen MR) is 136 cm³/mol. The van der Waals surface area contributed by atoms with Crippen molar-refractivity contribution in [2.45, 2.75) is 18.6 Å².